The minimum absolute atomic E-state index is 0.0759. The van der Waals surface area contributed by atoms with E-state index >= 15 is 0 Å². The normalized spacial score (nSPS) is 23.7. The number of sulfone groups is 1. The fourth-order valence-electron chi connectivity index (χ4n) is 2.58. The van der Waals surface area contributed by atoms with Gasteiger partial charge in [0, 0.05) is 20.4 Å². The third-order valence-electron chi connectivity index (χ3n) is 3.78. The van der Waals surface area contributed by atoms with E-state index in [0.29, 0.717) is 11.1 Å². The molecule has 1 aliphatic heterocycles. The number of carbonyl (C=O) groups excluding carboxylic acids is 1. The molecule has 9 heteroatoms. The Labute approximate surface area is 127 Å². The van der Waals surface area contributed by atoms with Crippen LogP contribution in [0, 0.1) is 0 Å². The third kappa shape index (κ3) is 2.69. The van der Waals surface area contributed by atoms with Gasteiger partial charge in [-0.1, -0.05) is 0 Å². The molecule has 1 amide bonds. The number of amides is 1. The molecule has 0 aromatic carbocycles. The van der Waals surface area contributed by atoms with Crippen LogP contribution in [0.1, 0.15) is 10.4 Å². The Hall–Kier alpha value is -2.00. The molecule has 1 saturated heterocycles. The SMILES string of the molecule is CO[C@@H]1CS(=O)(=O)C[C@H]1NC(=O)c1cnc2cnn(C)c2c1. The Bertz CT molecular complexity index is 830. The second-order valence-electron chi connectivity index (χ2n) is 5.33. The van der Waals surface area contributed by atoms with Crippen LogP contribution in [0.25, 0.3) is 11.0 Å². The van der Waals surface area contributed by atoms with Gasteiger partial charge in [-0.25, -0.2) is 8.42 Å². The van der Waals surface area contributed by atoms with E-state index in [1.54, 1.807) is 24.0 Å². The summed E-state index contributed by atoms with van der Waals surface area (Å²) in [6.07, 6.45) is 2.54. The summed E-state index contributed by atoms with van der Waals surface area (Å²) in [6.45, 7) is 0. The van der Waals surface area contributed by atoms with E-state index in [-0.39, 0.29) is 17.4 Å². The Morgan fingerprint density at radius 2 is 2.18 bits per heavy atom. The molecule has 3 heterocycles. The maximum Gasteiger partial charge on any atom is 0.253 e. The van der Waals surface area contributed by atoms with Gasteiger partial charge in [-0.2, -0.15) is 5.10 Å². The number of aromatic nitrogens is 3. The van der Waals surface area contributed by atoms with Gasteiger partial charge in [0.2, 0.25) is 0 Å². The van der Waals surface area contributed by atoms with E-state index in [1.165, 1.54) is 13.3 Å². The minimum Gasteiger partial charge on any atom is -0.378 e. The van der Waals surface area contributed by atoms with Gasteiger partial charge >= 0.3 is 0 Å². The van der Waals surface area contributed by atoms with Crippen LogP contribution < -0.4 is 5.32 Å². The Balaban J connectivity index is 1.82. The van der Waals surface area contributed by atoms with Crippen LogP contribution in [0.2, 0.25) is 0 Å². The van der Waals surface area contributed by atoms with Crippen molar-refractivity contribution < 1.29 is 17.9 Å². The first-order chi connectivity index (χ1) is 10.4. The molecule has 0 unspecified atom stereocenters. The average molecular weight is 324 g/mol. The molecule has 2 aromatic heterocycles. The predicted molar refractivity (Wildman–Crippen MR) is 79.2 cm³/mol. The highest BCUT2D eigenvalue weighted by Gasteiger charge is 2.38. The van der Waals surface area contributed by atoms with Gasteiger partial charge in [0.25, 0.3) is 5.91 Å². The zero-order chi connectivity index (χ0) is 15.9. The van der Waals surface area contributed by atoms with Gasteiger partial charge < -0.3 is 10.1 Å². The van der Waals surface area contributed by atoms with E-state index in [9.17, 15) is 13.2 Å². The molecule has 1 aliphatic rings. The number of aryl methyl sites for hydroxylation is 1. The summed E-state index contributed by atoms with van der Waals surface area (Å²) in [5.41, 5.74) is 1.78. The van der Waals surface area contributed by atoms with Gasteiger partial charge in [0.1, 0.15) is 5.52 Å². The minimum atomic E-state index is -3.19. The van der Waals surface area contributed by atoms with Crippen molar-refractivity contribution in [2.24, 2.45) is 7.05 Å². The van der Waals surface area contributed by atoms with Crippen molar-refractivity contribution in [3.05, 3.63) is 24.0 Å². The molecule has 0 saturated carbocycles. The van der Waals surface area contributed by atoms with Crippen LogP contribution in [0.4, 0.5) is 0 Å². The fourth-order valence-corrected chi connectivity index (χ4v) is 4.43. The van der Waals surface area contributed by atoms with Crippen molar-refractivity contribution in [3.8, 4) is 0 Å². The van der Waals surface area contributed by atoms with Crippen LogP contribution in [0.5, 0.6) is 0 Å². The quantitative estimate of drug-likeness (QED) is 0.817. The summed E-state index contributed by atoms with van der Waals surface area (Å²) in [6, 6.07) is 1.13. The summed E-state index contributed by atoms with van der Waals surface area (Å²) in [4.78, 5) is 16.5. The second kappa shape index (κ2) is 5.33. The number of nitrogens with zero attached hydrogens (tertiary/aromatic N) is 3. The molecule has 2 aromatic rings. The number of fused-ring (bicyclic) bond motifs is 1. The molecule has 1 fully saturated rings. The first-order valence-electron chi connectivity index (χ1n) is 6.71. The predicted octanol–water partition coefficient (Wildman–Crippen LogP) is -0.490. The number of nitrogens with one attached hydrogen (secondary N) is 1. The Morgan fingerprint density at radius 1 is 1.41 bits per heavy atom. The number of methoxy groups -OCH3 is 1. The maximum absolute atomic E-state index is 12.3. The van der Waals surface area contributed by atoms with Gasteiger partial charge in [0.15, 0.2) is 9.84 Å². The lowest BCUT2D eigenvalue weighted by molar-refractivity contribution is 0.0786. The molecule has 0 spiro atoms. The molecule has 0 bridgehead atoms. The standard InChI is InChI=1S/C13H16N4O4S/c1-17-11-3-8(4-14-9(11)5-15-17)13(18)16-10-6-22(19,20)7-12(10)21-2/h3-5,10,12H,6-7H2,1-2H3,(H,16,18)/t10-,12-/m1/s1. The number of rotatable bonds is 3. The summed E-state index contributed by atoms with van der Waals surface area (Å²) in [5, 5.41) is 6.78. The van der Waals surface area contributed by atoms with Crippen molar-refractivity contribution >= 4 is 26.8 Å². The van der Waals surface area contributed by atoms with E-state index in [0.717, 1.165) is 5.52 Å². The van der Waals surface area contributed by atoms with Crippen molar-refractivity contribution in [3.63, 3.8) is 0 Å². The van der Waals surface area contributed by atoms with Crippen molar-refractivity contribution in [2.75, 3.05) is 18.6 Å². The molecule has 8 nitrogen and oxygen atoms in total. The average Bonchev–Trinajstić information content (AvgIpc) is 2.98. The van der Waals surface area contributed by atoms with Crippen molar-refractivity contribution in [2.45, 2.75) is 12.1 Å². The largest absolute Gasteiger partial charge is 0.378 e. The van der Waals surface area contributed by atoms with Crippen molar-refractivity contribution in [1.29, 1.82) is 0 Å². The lowest BCUT2D eigenvalue weighted by Crippen LogP contribution is -2.43. The van der Waals surface area contributed by atoms with Crippen LogP contribution in [-0.2, 0) is 21.6 Å². The smallest absolute Gasteiger partial charge is 0.253 e. The molecule has 1 N–H and O–H groups in total. The first-order valence-corrected chi connectivity index (χ1v) is 8.53. The van der Waals surface area contributed by atoms with Crippen LogP contribution >= 0.6 is 0 Å². The molecule has 0 radical (unpaired) electrons. The van der Waals surface area contributed by atoms with E-state index in [4.69, 9.17) is 4.74 Å². The Morgan fingerprint density at radius 3 is 2.91 bits per heavy atom. The van der Waals surface area contributed by atoms with Gasteiger partial charge in [-0.3, -0.25) is 14.5 Å². The zero-order valence-electron chi connectivity index (χ0n) is 12.2. The van der Waals surface area contributed by atoms with Crippen molar-refractivity contribution in [1.82, 2.24) is 20.1 Å². The molecule has 118 valence electrons. The zero-order valence-corrected chi connectivity index (χ0v) is 13.0. The summed E-state index contributed by atoms with van der Waals surface area (Å²) in [7, 11) is 0.0121. The number of hydrogen-bond donors (Lipinski definition) is 1. The van der Waals surface area contributed by atoms with Gasteiger partial charge in [-0.15, -0.1) is 0 Å². The number of pyridine rings is 1. The monoisotopic (exact) mass is 324 g/mol. The number of ether oxygens (including phenoxy) is 1. The topological polar surface area (TPSA) is 103 Å². The fraction of sp³-hybridized carbons (Fsp3) is 0.462. The maximum atomic E-state index is 12.3. The molecule has 22 heavy (non-hydrogen) atoms. The highest BCUT2D eigenvalue weighted by Crippen LogP contribution is 2.17. The molecular formula is C13H16N4O4S. The highest BCUT2D eigenvalue weighted by atomic mass is 32.2. The lowest BCUT2D eigenvalue weighted by atomic mass is 10.2. The van der Waals surface area contributed by atoms with Crippen LogP contribution in [-0.4, -0.2) is 59.9 Å². The number of hydrogen-bond acceptors (Lipinski definition) is 6. The molecule has 3 rings (SSSR count). The van der Waals surface area contributed by atoms with E-state index < -0.39 is 22.0 Å². The second-order valence-corrected chi connectivity index (χ2v) is 7.48. The molecule has 0 aliphatic carbocycles. The van der Waals surface area contributed by atoms with Gasteiger partial charge in [-0.05, 0) is 6.07 Å². The van der Waals surface area contributed by atoms with Crippen LogP contribution in [0.15, 0.2) is 18.5 Å². The summed E-state index contributed by atoms with van der Waals surface area (Å²) in [5.74, 6) is -0.564. The molecular weight excluding hydrogens is 308 g/mol. The summed E-state index contributed by atoms with van der Waals surface area (Å²) < 4.78 is 30.1. The highest BCUT2D eigenvalue weighted by molar-refractivity contribution is 7.91. The third-order valence-corrected chi connectivity index (χ3v) is 5.48. The van der Waals surface area contributed by atoms with Gasteiger partial charge in [0.05, 0.1) is 40.9 Å². The van der Waals surface area contributed by atoms with E-state index in [1.807, 2.05) is 0 Å². The Kier molecular flexibility index (Phi) is 3.61. The lowest BCUT2D eigenvalue weighted by Gasteiger charge is -2.17. The first kappa shape index (κ1) is 14.9. The van der Waals surface area contributed by atoms with E-state index in [2.05, 4.69) is 15.4 Å². The summed E-state index contributed by atoms with van der Waals surface area (Å²) >= 11 is 0. The number of carbonyl (C=O) groups is 1. The van der Waals surface area contributed by atoms with Crippen LogP contribution in [0.3, 0.4) is 0 Å². The molecule has 2 atom stereocenters.